The van der Waals surface area contributed by atoms with Crippen molar-refractivity contribution in [1.29, 1.82) is 0 Å². The smallest absolute Gasteiger partial charge is 0.416 e. The average Bonchev–Trinajstić information content (AvgIpc) is 2.71. The Balaban J connectivity index is 2.07. The second kappa shape index (κ2) is 11.0. The third-order valence-electron chi connectivity index (χ3n) is 4.38. The first kappa shape index (κ1) is 25.9. The molecular weight excluding hydrogens is 450 g/mol. The highest BCUT2D eigenvalue weighted by Crippen LogP contribution is 2.30. The van der Waals surface area contributed by atoms with Gasteiger partial charge in [0.2, 0.25) is 0 Å². The van der Waals surface area contributed by atoms with Crippen molar-refractivity contribution in [3.05, 3.63) is 58.9 Å². The van der Waals surface area contributed by atoms with Gasteiger partial charge in [0.25, 0.3) is 0 Å². The molecule has 1 unspecified atom stereocenters. The van der Waals surface area contributed by atoms with Gasteiger partial charge in [-0.2, -0.15) is 13.2 Å². The molecule has 2 aromatic carbocycles. The summed E-state index contributed by atoms with van der Waals surface area (Å²) in [5, 5.41) is 11.8. The maximum absolute atomic E-state index is 13.9. The zero-order valence-corrected chi connectivity index (χ0v) is 18.0. The van der Waals surface area contributed by atoms with Gasteiger partial charge in [0.1, 0.15) is 18.2 Å². The largest absolute Gasteiger partial charge is 0.496 e. The summed E-state index contributed by atoms with van der Waals surface area (Å²) in [6.45, 7) is 2.80. The molecular formula is C22H23F4NO6. The third-order valence-corrected chi connectivity index (χ3v) is 4.38. The van der Waals surface area contributed by atoms with Crippen molar-refractivity contribution in [2.45, 2.75) is 45.3 Å². The lowest BCUT2D eigenvalue weighted by Gasteiger charge is -2.18. The van der Waals surface area contributed by atoms with Crippen molar-refractivity contribution in [3.8, 4) is 5.75 Å². The first-order valence-electron chi connectivity index (χ1n) is 9.75. The van der Waals surface area contributed by atoms with Crippen molar-refractivity contribution in [1.82, 2.24) is 0 Å². The second-order valence-electron chi connectivity index (χ2n) is 7.25. The molecule has 180 valence electrons. The highest BCUT2D eigenvalue weighted by molar-refractivity contribution is 5.85. The van der Waals surface area contributed by atoms with E-state index < -0.39 is 42.3 Å². The first-order valence-corrected chi connectivity index (χ1v) is 9.75. The maximum atomic E-state index is 13.9. The fourth-order valence-electron chi connectivity index (χ4n) is 2.88. The standard InChI is InChI=1S/C22H23F4NO6/c1-12(2)33-19(20(28)29)9-14-8-16(6-7-18(14)31-3)27-21(30)32-11-13-4-5-15(10-17(13)23)22(24,25)26/h4-8,10,12,19H,9,11H2,1-3H3,(H,27,30)(H,28,29). The van der Waals surface area contributed by atoms with E-state index in [0.717, 1.165) is 6.07 Å². The van der Waals surface area contributed by atoms with Gasteiger partial charge in [0.05, 0.1) is 18.8 Å². The number of rotatable bonds is 9. The number of nitrogens with one attached hydrogen (secondary N) is 1. The van der Waals surface area contributed by atoms with Gasteiger partial charge in [-0.1, -0.05) is 6.07 Å². The van der Waals surface area contributed by atoms with Gasteiger partial charge in [-0.15, -0.1) is 0 Å². The predicted octanol–water partition coefficient (Wildman–Crippen LogP) is 5.02. The lowest BCUT2D eigenvalue weighted by molar-refractivity contribution is -0.153. The molecule has 0 spiro atoms. The molecule has 7 nitrogen and oxygen atoms in total. The molecule has 0 radical (unpaired) electrons. The van der Waals surface area contributed by atoms with Crippen LogP contribution < -0.4 is 10.1 Å². The maximum Gasteiger partial charge on any atom is 0.416 e. The van der Waals surface area contributed by atoms with Crippen LogP contribution in [0.3, 0.4) is 0 Å². The number of methoxy groups -OCH3 is 1. The Labute approximate surface area is 187 Å². The minimum atomic E-state index is -4.69. The Morgan fingerprint density at radius 1 is 1.09 bits per heavy atom. The SMILES string of the molecule is COc1ccc(NC(=O)OCc2ccc(C(F)(F)F)cc2F)cc1CC(OC(C)C)C(=O)O. The molecule has 0 saturated carbocycles. The molecule has 0 saturated heterocycles. The van der Waals surface area contributed by atoms with Crippen LogP contribution in [0.5, 0.6) is 5.75 Å². The monoisotopic (exact) mass is 473 g/mol. The minimum absolute atomic E-state index is 0.0436. The number of benzene rings is 2. The van der Waals surface area contributed by atoms with Gasteiger partial charge in [-0.25, -0.2) is 14.0 Å². The number of carboxylic acids is 1. The van der Waals surface area contributed by atoms with Gasteiger partial charge in [0, 0.05) is 17.7 Å². The number of aliphatic carboxylic acids is 1. The second-order valence-corrected chi connectivity index (χ2v) is 7.25. The predicted molar refractivity (Wildman–Crippen MR) is 110 cm³/mol. The fourth-order valence-corrected chi connectivity index (χ4v) is 2.88. The highest BCUT2D eigenvalue weighted by Gasteiger charge is 2.31. The molecule has 0 aliphatic carbocycles. The molecule has 0 aliphatic rings. The van der Waals surface area contributed by atoms with Gasteiger partial charge in [-0.3, -0.25) is 5.32 Å². The molecule has 33 heavy (non-hydrogen) atoms. The summed E-state index contributed by atoms with van der Waals surface area (Å²) in [6.07, 6.45) is -7.21. The van der Waals surface area contributed by atoms with Gasteiger partial charge >= 0.3 is 18.2 Å². The molecule has 2 aromatic rings. The molecule has 1 atom stereocenters. The number of amides is 1. The van der Waals surface area contributed by atoms with Gasteiger partial charge in [0.15, 0.2) is 6.10 Å². The summed E-state index contributed by atoms with van der Waals surface area (Å²) in [6, 6.07) is 6.35. The van der Waals surface area contributed by atoms with E-state index in [1.54, 1.807) is 13.8 Å². The summed E-state index contributed by atoms with van der Waals surface area (Å²) in [5.74, 6) is -1.95. The topological polar surface area (TPSA) is 94.1 Å². The van der Waals surface area contributed by atoms with Crippen LogP contribution in [0.4, 0.5) is 28.0 Å². The van der Waals surface area contributed by atoms with Crippen LogP contribution in [-0.4, -0.2) is 36.5 Å². The number of alkyl halides is 3. The average molecular weight is 473 g/mol. The van der Waals surface area contributed by atoms with E-state index in [1.165, 1.54) is 25.3 Å². The van der Waals surface area contributed by atoms with Gasteiger partial charge < -0.3 is 19.3 Å². The molecule has 0 aromatic heterocycles. The van der Waals surface area contributed by atoms with Crippen LogP contribution in [0.25, 0.3) is 0 Å². The molecule has 2 N–H and O–H groups in total. The van der Waals surface area contributed by atoms with E-state index in [-0.39, 0.29) is 23.8 Å². The Morgan fingerprint density at radius 2 is 1.79 bits per heavy atom. The van der Waals surface area contributed by atoms with Crippen molar-refractivity contribution in [3.63, 3.8) is 0 Å². The molecule has 1 amide bonds. The number of halogens is 4. The summed E-state index contributed by atoms with van der Waals surface area (Å²) < 4.78 is 67.2. The number of hydrogen-bond acceptors (Lipinski definition) is 5. The van der Waals surface area contributed by atoms with E-state index in [4.69, 9.17) is 14.2 Å². The van der Waals surface area contributed by atoms with Crippen molar-refractivity contribution < 1.29 is 46.5 Å². The number of carbonyl (C=O) groups excluding carboxylic acids is 1. The van der Waals surface area contributed by atoms with E-state index in [9.17, 15) is 32.3 Å². The van der Waals surface area contributed by atoms with Crippen LogP contribution in [0, 0.1) is 5.82 Å². The van der Waals surface area contributed by atoms with Gasteiger partial charge in [-0.05, 0) is 49.7 Å². The van der Waals surface area contributed by atoms with E-state index >= 15 is 0 Å². The quantitative estimate of drug-likeness (QED) is 0.497. The summed E-state index contributed by atoms with van der Waals surface area (Å²) >= 11 is 0. The van der Waals surface area contributed by atoms with Crippen LogP contribution in [-0.2, 0) is 33.5 Å². The van der Waals surface area contributed by atoms with Crippen LogP contribution in [0.1, 0.15) is 30.5 Å². The highest BCUT2D eigenvalue weighted by atomic mass is 19.4. The van der Waals surface area contributed by atoms with Crippen molar-refractivity contribution in [2.75, 3.05) is 12.4 Å². The van der Waals surface area contributed by atoms with Crippen LogP contribution in [0.2, 0.25) is 0 Å². The molecule has 2 rings (SSSR count). The zero-order valence-electron chi connectivity index (χ0n) is 18.0. The molecule has 0 fully saturated rings. The Hall–Kier alpha value is -3.34. The first-order chi connectivity index (χ1) is 15.4. The van der Waals surface area contributed by atoms with Crippen LogP contribution >= 0.6 is 0 Å². The van der Waals surface area contributed by atoms with Crippen molar-refractivity contribution in [2.24, 2.45) is 0 Å². The molecule has 11 heteroatoms. The minimum Gasteiger partial charge on any atom is -0.496 e. The normalized spacial score (nSPS) is 12.4. The number of hydrogen-bond donors (Lipinski definition) is 2. The van der Waals surface area contributed by atoms with Crippen molar-refractivity contribution >= 4 is 17.7 Å². The number of carbonyl (C=O) groups is 2. The van der Waals surface area contributed by atoms with E-state index in [1.807, 2.05) is 0 Å². The summed E-state index contributed by atoms with van der Waals surface area (Å²) in [5.41, 5.74) is -0.710. The summed E-state index contributed by atoms with van der Waals surface area (Å²) in [7, 11) is 1.40. The Morgan fingerprint density at radius 3 is 2.33 bits per heavy atom. The number of carboxylic acid groups (broad SMARTS) is 1. The summed E-state index contributed by atoms with van der Waals surface area (Å²) in [4.78, 5) is 23.6. The van der Waals surface area contributed by atoms with E-state index in [0.29, 0.717) is 23.4 Å². The lowest BCUT2D eigenvalue weighted by atomic mass is 10.1. The lowest BCUT2D eigenvalue weighted by Crippen LogP contribution is -2.29. The molecule has 0 aliphatic heterocycles. The number of ether oxygens (including phenoxy) is 3. The number of anilines is 1. The fraction of sp³-hybridized carbons (Fsp3) is 0.364. The van der Waals surface area contributed by atoms with E-state index in [2.05, 4.69) is 5.32 Å². The Bertz CT molecular complexity index is 993. The third kappa shape index (κ3) is 7.63. The molecule has 0 heterocycles. The Kier molecular flexibility index (Phi) is 8.63. The van der Waals surface area contributed by atoms with Crippen LogP contribution in [0.15, 0.2) is 36.4 Å². The molecule has 0 bridgehead atoms. The zero-order chi connectivity index (χ0) is 24.8.